The van der Waals surface area contributed by atoms with E-state index in [0.717, 1.165) is 11.1 Å². The summed E-state index contributed by atoms with van der Waals surface area (Å²) in [6.07, 6.45) is -0.949. The van der Waals surface area contributed by atoms with Gasteiger partial charge >= 0.3 is 5.97 Å². The van der Waals surface area contributed by atoms with Gasteiger partial charge in [0.15, 0.2) is 6.10 Å². The van der Waals surface area contributed by atoms with Crippen LogP contribution in [-0.4, -0.2) is 37.5 Å². The lowest BCUT2D eigenvalue weighted by molar-refractivity contribution is -0.157. The maximum absolute atomic E-state index is 12.6. The quantitative estimate of drug-likeness (QED) is 0.739. The highest BCUT2D eigenvalue weighted by Crippen LogP contribution is 2.33. The second kappa shape index (κ2) is 8.98. The van der Waals surface area contributed by atoms with Crippen molar-refractivity contribution in [3.05, 3.63) is 53.6 Å². The zero-order chi connectivity index (χ0) is 21.8. The van der Waals surface area contributed by atoms with Crippen LogP contribution in [0.1, 0.15) is 24.5 Å². The number of ether oxygens (including phenoxy) is 2. The van der Waals surface area contributed by atoms with Crippen molar-refractivity contribution in [3.8, 4) is 5.75 Å². The Bertz CT molecular complexity index is 972. The Balaban J connectivity index is 1.62. The van der Waals surface area contributed by atoms with Gasteiger partial charge in [-0.1, -0.05) is 24.3 Å². The van der Waals surface area contributed by atoms with E-state index in [1.54, 1.807) is 18.2 Å². The van der Waals surface area contributed by atoms with Crippen LogP contribution in [0.4, 0.5) is 11.4 Å². The minimum Gasteiger partial charge on any atom is -0.495 e. The van der Waals surface area contributed by atoms with E-state index >= 15 is 0 Å². The summed E-state index contributed by atoms with van der Waals surface area (Å²) in [6, 6.07) is 12.9. The molecule has 0 bridgehead atoms. The van der Waals surface area contributed by atoms with E-state index in [-0.39, 0.29) is 18.9 Å². The molecule has 1 saturated heterocycles. The van der Waals surface area contributed by atoms with Gasteiger partial charge in [0.05, 0.1) is 18.7 Å². The summed E-state index contributed by atoms with van der Waals surface area (Å²) in [7, 11) is 1.53. The second-order valence-corrected chi connectivity index (χ2v) is 7.46. The van der Waals surface area contributed by atoms with Gasteiger partial charge in [-0.15, -0.1) is 0 Å². The smallest absolute Gasteiger partial charge is 0.312 e. The Morgan fingerprint density at radius 1 is 1.17 bits per heavy atom. The van der Waals surface area contributed by atoms with Gasteiger partial charge in [-0.05, 0) is 50.1 Å². The van der Waals surface area contributed by atoms with E-state index in [2.05, 4.69) is 5.32 Å². The largest absolute Gasteiger partial charge is 0.495 e. The predicted octanol–water partition coefficient (Wildman–Crippen LogP) is 3.24. The minimum atomic E-state index is -0.979. The van der Waals surface area contributed by atoms with Crippen LogP contribution < -0.4 is 15.0 Å². The number of benzene rings is 2. The molecule has 2 aromatic carbocycles. The first-order valence-corrected chi connectivity index (χ1v) is 9.82. The summed E-state index contributed by atoms with van der Waals surface area (Å²) in [5, 5.41) is 2.80. The van der Waals surface area contributed by atoms with Crippen LogP contribution in [0.2, 0.25) is 0 Å². The molecule has 1 fully saturated rings. The van der Waals surface area contributed by atoms with Gasteiger partial charge in [0.2, 0.25) is 5.91 Å². The topological polar surface area (TPSA) is 84.9 Å². The number of carbonyl (C=O) groups excluding carboxylic acids is 3. The lowest BCUT2D eigenvalue weighted by Gasteiger charge is -2.20. The average molecular weight is 410 g/mol. The number of rotatable bonds is 6. The van der Waals surface area contributed by atoms with Crippen LogP contribution in [0.25, 0.3) is 0 Å². The predicted molar refractivity (Wildman–Crippen MR) is 114 cm³/mol. The first kappa shape index (κ1) is 21.4. The molecule has 7 heteroatoms. The molecule has 1 N–H and O–H groups in total. The second-order valence-electron chi connectivity index (χ2n) is 7.46. The molecular weight excluding hydrogens is 384 g/mol. The van der Waals surface area contributed by atoms with E-state index in [1.807, 2.05) is 38.1 Å². The van der Waals surface area contributed by atoms with Crippen molar-refractivity contribution in [2.45, 2.75) is 33.3 Å². The van der Waals surface area contributed by atoms with Gasteiger partial charge in [-0.25, -0.2) is 0 Å². The Hall–Kier alpha value is -3.35. The number of nitrogens with one attached hydrogen (secondary N) is 1. The fraction of sp³-hybridized carbons (Fsp3) is 0.348. The summed E-state index contributed by atoms with van der Waals surface area (Å²) < 4.78 is 10.7. The zero-order valence-electron chi connectivity index (χ0n) is 17.6. The van der Waals surface area contributed by atoms with E-state index in [0.29, 0.717) is 17.1 Å². The van der Waals surface area contributed by atoms with Crippen molar-refractivity contribution in [1.29, 1.82) is 0 Å². The molecule has 0 saturated carbocycles. The molecule has 0 radical (unpaired) electrons. The minimum absolute atomic E-state index is 0.0300. The molecule has 2 aromatic rings. The average Bonchev–Trinajstić information content (AvgIpc) is 3.12. The molecule has 0 spiro atoms. The maximum atomic E-state index is 12.6. The Morgan fingerprint density at radius 2 is 1.90 bits per heavy atom. The normalized spacial score (nSPS) is 16.9. The van der Waals surface area contributed by atoms with E-state index in [9.17, 15) is 14.4 Å². The van der Waals surface area contributed by atoms with Crippen LogP contribution in [-0.2, 0) is 19.1 Å². The number of methoxy groups -OCH3 is 1. The van der Waals surface area contributed by atoms with Crippen LogP contribution in [0, 0.1) is 19.8 Å². The van der Waals surface area contributed by atoms with Crippen LogP contribution >= 0.6 is 0 Å². The molecule has 2 amide bonds. The molecule has 0 unspecified atom stereocenters. The highest BCUT2D eigenvalue weighted by Gasteiger charge is 2.38. The first-order chi connectivity index (χ1) is 14.3. The van der Waals surface area contributed by atoms with Crippen molar-refractivity contribution in [1.82, 2.24) is 0 Å². The Morgan fingerprint density at radius 3 is 2.63 bits per heavy atom. The highest BCUT2D eigenvalue weighted by molar-refractivity contribution is 6.01. The number of amides is 2. The van der Waals surface area contributed by atoms with Gasteiger partial charge in [0.1, 0.15) is 5.75 Å². The molecule has 2 atom stereocenters. The number of carbonyl (C=O) groups is 3. The van der Waals surface area contributed by atoms with Gasteiger partial charge in [-0.3, -0.25) is 14.4 Å². The maximum Gasteiger partial charge on any atom is 0.312 e. The molecule has 7 nitrogen and oxygen atoms in total. The molecule has 1 aliphatic heterocycles. The van der Waals surface area contributed by atoms with Crippen molar-refractivity contribution in [3.63, 3.8) is 0 Å². The number of anilines is 2. The van der Waals surface area contributed by atoms with Crippen LogP contribution in [0.5, 0.6) is 5.75 Å². The number of nitrogens with zero attached hydrogens (tertiary/aromatic N) is 1. The monoisotopic (exact) mass is 410 g/mol. The summed E-state index contributed by atoms with van der Waals surface area (Å²) in [5.74, 6) is -1.25. The number of esters is 1. The fourth-order valence-corrected chi connectivity index (χ4v) is 3.38. The SMILES string of the molecule is COc1ccccc1N1C[C@H](C(=O)O[C@H](C)C(=O)Nc2cc(C)ccc2C)CC1=O. The van der Waals surface area contributed by atoms with Crippen LogP contribution in [0.15, 0.2) is 42.5 Å². The molecular formula is C23H26N2O5. The fourth-order valence-electron chi connectivity index (χ4n) is 3.38. The third-order valence-electron chi connectivity index (χ3n) is 5.15. The lowest BCUT2D eigenvalue weighted by atomic mass is 10.1. The number of aryl methyl sites for hydroxylation is 2. The summed E-state index contributed by atoms with van der Waals surface area (Å²) >= 11 is 0. The van der Waals surface area contributed by atoms with E-state index < -0.39 is 23.9 Å². The molecule has 30 heavy (non-hydrogen) atoms. The summed E-state index contributed by atoms with van der Waals surface area (Å²) in [6.45, 7) is 5.53. The van der Waals surface area contributed by atoms with Gasteiger partial charge in [-0.2, -0.15) is 0 Å². The highest BCUT2D eigenvalue weighted by atomic mass is 16.5. The number of para-hydroxylation sites is 2. The third-order valence-corrected chi connectivity index (χ3v) is 5.15. The van der Waals surface area contributed by atoms with Gasteiger partial charge in [0.25, 0.3) is 5.91 Å². The third kappa shape index (κ3) is 4.62. The van der Waals surface area contributed by atoms with Crippen LogP contribution in [0.3, 0.4) is 0 Å². The summed E-state index contributed by atoms with van der Waals surface area (Å²) in [5.41, 5.74) is 3.23. The van der Waals surface area contributed by atoms with Gasteiger partial charge < -0.3 is 19.7 Å². The molecule has 1 aliphatic rings. The standard InChI is InChI=1S/C23H26N2O5/c1-14-9-10-15(2)18(11-14)24-22(27)16(3)30-23(28)17-12-21(26)25(13-17)19-7-5-6-8-20(19)29-4/h5-11,16-17H,12-13H2,1-4H3,(H,24,27)/t16-,17-/m1/s1. The Labute approximate surface area is 176 Å². The van der Waals surface area contributed by atoms with E-state index in [1.165, 1.54) is 18.9 Å². The molecule has 0 aliphatic carbocycles. The first-order valence-electron chi connectivity index (χ1n) is 9.82. The lowest BCUT2D eigenvalue weighted by Crippen LogP contribution is -2.33. The van der Waals surface area contributed by atoms with Gasteiger partial charge in [0, 0.05) is 18.7 Å². The van der Waals surface area contributed by atoms with E-state index in [4.69, 9.17) is 9.47 Å². The molecule has 0 aromatic heterocycles. The number of hydrogen-bond donors (Lipinski definition) is 1. The molecule has 1 heterocycles. The molecule has 3 rings (SSSR count). The van der Waals surface area contributed by atoms with Crippen molar-refractivity contribution in [2.75, 3.05) is 23.9 Å². The number of hydrogen-bond acceptors (Lipinski definition) is 5. The zero-order valence-corrected chi connectivity index (χ0v) is 17.6. The Kier molecular flexibility index (Phi) is 6.40. The van der Waals surface area contributed by atoms with Crippen molar-refractivity contribution in [2.24, 2.45) is 5.92 Å². The molecule has 158 valence electrons. The summed E-state index contributed by atoms with van der Waals surface area (Å²) in [4.78, 5) is 39.1. The van der Waals surface area contributed by atoms with Crippen molar-refractivity contribution >= 4 is 29.2 Å². The van der Waals surface area contributed by atoms with Crippen molar-refractivity contribution < 1.29 is 23.9 Å².